The predicted molar refractivity (Wildman–Crippen MR) is 125 cm³/mol. The van der Waals surface area contributed by atoms with Gasteiger partial charge in [0, 0.05) is 15.8 Å². The van der Waals surface area contributed by atoms with E-state index in [0.717, 1.165) is 51.6 Å². The largest absolute Gasteiger partial charge is 0.486 e. The molecule has 2 aromatic heterocycles. The summed E-state index contributed by atoms with van der Waals surface area (Å²) in [5.74, 6) is 1.30. The van der Waals surface area contributed by atoms with Crippen LogP contribution >= 0.6 is 23.7 Å². The lowest BCUT2D eigenvalue weighted by molar-refractivity contribution is 0.171. The first-order valence-corrected chi connectivity index (χ1v) is 11.2. The second kappa shape index (κ2) is 8.13. The van der Waals surface area contributed by atoms with Crippen LogP contribution < -0.4 is 9.47 Å². The minimum atomic E-state index is -0.220. The van der Waals surface area contributed by atoms with Gasteiger partial charge in [-0.3, -0.25) is 0 Å². The maximum Gasteiger partial charge on any atom is 0.162 e. The van der Waals surface area contributed by atoms with E-state index in [2.05, 4.69) is 6.07 Å². The number of benzene rings is 2. The molecule has 0 N–H and O–H groups in total. The van der Waals surface area contributed by atoms with Gasteiger partial charge in [0.25, 0.3) is 0 Å². The molecule has 0 saturated heterocycles. The quantitative estimate of drug-likeness (QED) is 0.333. The van der Waals surface area contributed by atoms with E-state index in [1.807, 2.05) is 24.3 Å². The van der Waals surface area contributed by atoms with Crippen molar-refractivity contribution in [2.75, 3.05) is 13.2 Å². The van der Waals surface area contributed by atoms with E-state index in [1.54, 1.807) is 23.5 Å². The van der Waals surface area contributed by atoms with E-state index < -0.39 is 0 Å². The molecule has 6 heteroatoms. The molecule has 4 aromatic rings. The number of ether oxygens (including phenoxy) is 2. The molecule has 0 fully saturated rings. The van der Waals surface area contributed by atoms with Gasteiger partial charge in [0.2, 0.25) is 0 Å². The van der Waals surface area contributed by atoms with E-state index >= 15 is 0 Å². The molecule has 0 amide bonds. The van der Waals surface area contributed by atoms with Crippen LogP contribution in [0.2, 0.25) is 0 Å². The fraction of sp³-hybridized carbons (Fsp3) is 0.240. The van der Waals surface area contributed by atoms with E-state index in [1.165, 1.54) is 34.7 Å². The Labute approximate surface area is 190 Å². The van der Waals surface area contributed by atoms with Crippen LogP contribution in [-0.4, -0.2) is 18.2 Å². The van der Waals surface area contributed by atoms with Crippen molar-refractivity contribution in [1.29, 1.82) is 0 Å². The predicted octanol–water partition coefficient (Wildman–Crippen LogP) is 6.84. The summed E-state index contributed by atoms with van der Waals surface area (Å²) in [6.45, 7) is 1.12. The monoisotopic (exact) mass is 453 g/mol. The normalized spacial score (nSPS) is 14.7. The molecule has 0 bridgehead atoms. The highest BCUT2D eigenvalue weighted by molar-refractivity contribution is 7.19. The Morgan fingerprint density at radius 3 is 2.58 bits per heavy atom. The van der Waals surface area contributed by atoms with Crippen molar-refractivity contribution in [3.05, 3.63) is 64.8 Å². The van der Waals surface area contributed by atoms with Gasteiger partial charge < -0.3 is 9.47 Å². The number of aromatic nitrogens is 1. The molecule has 0 atom stereocenters. The number of aryl methyl sites for hydroxylation is 2. The number of halogens is 2. The average Bonchev–Trinajstić information content (AvgIpc) is 3.16. The summed E-state index contributed by atoms with van der Waals surface area (Å²) < 4.78 is 25.5. The Hall–Kier alpha value is -2.63. The number of hydrogen-bond acceptors (Lipinski definition) is 4. The lowest BCUT2D eigenvalue weighted by Gasteiger charge is -2.19. The Morgan fingerprint density at radius 1 is 0.871 bits per heavy atom. The summed E-state index contributed by atoms with van der Waals surface area (Å²) in [6.07, 6.45) is 4.61. The van der Waals surface area contributed by atoms with Gasteiger partial charge in [-0.15, -0.1) is 23.7 Å². The van der Waals surface area contributed by atoms with Crippen molar-refractivity contribution in [1.82, 2.24) is 4.98 Å². The van der Waals surface area contributed by atoms with Gasteiger partial charge in [-0.1, -0.05) is 12.1 Å². The third-order valence-corrected chi connectivity index (χ3v) is 7.08. The molecule has 2 aliphatic rings. The zero-order valence-corrected chi connectivity index (χ0v) is 18.5. The minimum Gasteiger partial charge on any atom is -0.486 e. The van der Waals surface area contributed by atoms with Crippen LogP contribution in [0.5, 0.6) is 11.5 Å². The van der Waals surface area contributed by atoms with Crippen LogP contribution in [0.25, 0.3) is 32.6 Å². The molecule has 158 valence electrons. The molecule has 31 heavy (non-hydrogen) atoms. The third kappa shape index (κ3) is 3.56. The Balaban J connectivity index is 0.00000204. The zero-order chi connectivity index (χ0) is 20.1. The number of hydrogen-bond donors (Lipinski definition) is 0. The smallest absolute Gasteiger partial charge is 0.162 e. The minimum absolute atomic E-state index is 0. The molecule has 1 aliphatic heterocycles. The Bertz CT molecular complexity index is 1290. The molecule has 0 spiro atoms. The van der Waals surface area contributed by atoms with Crippen molar-refractivity contribution in [3.8, 4) is 33.9 Å². The lowest BCUT2D eigenvalue weighted by atomic mass is 9.92. The number of rotatable bonds is 2. The van der Waals surface area contributed by atoms with Crippen molar-refractivity contribution in [3.63, 3.8) is 0 Å². The first-order valence-electron chi connectivity index (χ1n) is 10.4. The zero-order valence-electron chi connectivity index (χ0n) is 16.8. The van der Waals surface area contributed by atoms with Crippen molar-refractivity contribution in [2.45, 2.75) is 25.7 Å². The molecule has 2 aromatic carbocycles. The van der Waals surface area contributed by atoms with Gasteiger partial charge in [-0.05, 0) is 78.8 Å². The van der Waals surface area contributed by atoms with Crippen LogP contribution in [0.15, 0.2) is 48.5 Å². The van der Waals surface area contributed by atoms with Crippen molar-refractivity contribution >= 4 is 34.0 Å². The molecule has 3 nitrogen and oxygen atoms in total. The molecule has 0 saturated carbocycles. The van der Waals surface area contributed by atoms with Crippen LogP contribution in [0, 0.1) is 5.82 Å². The van der Waals surface area contributed by atoms with Gasteiger partial charge >= 0.3 is 0 Å². The first-order chi connectivity index (χ1) is 14.8. The number of pyridine rings is 1. The highest BCUT2D eigenvalue weighted by atomic mass is 35.5. The van der Waals surface area contributed by atoms with Gasteiger partial charge in [0.05, 0.1) is 5.69 Å². The lowest BCUT2D eigenvalue weighted by Crippen LogP contribution is -2.15. The summed E-state index contributed by atoms with van der Waals surface area (Å²) in [7, 11) is 0. The number of nitrogens with zero attached hydrogens (tertiary/aromatic N) is 1. The Kier molecular flexibility index (Phi) is 5.32. The molecule has 0 unspecified atom stereocenters. The van der Waals surface area contributed by atoms with Gasteiger partial charge in [-0.2, -0.15) is 0 Å². The van der Waals surface area contributed by atoms with E-state index in [4.69, 9.17) is 14.5 Å². The third-order valence-electron chi connectivity index (χ3n) is 5.90. The van der Waals surface area contributed by atoms with Crippen molar-refractivity contribution < 1.29 is 13.9 Å². The van der Waals surface area contributed by atoms with Crippen LogP contribution in [0.1, 0.15) is 23.3 Å². The summed E-state index contributed by atoms with van der Waals surface area (Å²) in [5, 5.41) is 1.20. The second-order valence-electron chi connectivity index (χ2n) is 7.81. The fourth-order valence-electron chi connectivity index (χ4n) is 4.49. The van der Waals surface area contributed by atoms with Crippen LogP contribution in [-0.2, 0) is 12.8 Å². The van der Waals surface area contributed by atoms with Gasteiger partial charge in [0.15, 0.2) is 11.5 Å². The molecular weight excluding hydrogens is 433 g/mol. The Morgan fingerprint density at radius 2 is 1.71 bits per heavy atom. The van der Waals surface area contributed by atoms with Crippen LogP contribution in [0.3, 0.4) is 0 Å². The average molecular weight is 454 g/mol. The van der Waals surface area contributed by atoms with E-state index in [-0.39, 0.29) is 18.2 Å². The highest BCUT2D eigenvalue weighted by Gasteiger charge is 2.22. The molecule has 6 rings (SSSR count). The van der Waals surface area contributed by atoms with Gasteiger partial charge in [0.1, 0.15) is 23.9 Å². The van der Waals surface area contributed by atoms with E-state index in [9.17, 15) is 4.39 Å². The number of thiophene rings is 1. The van der Waals surface area contributed by atoms with E-state index in [0.29, 0.717) is 13.2 Å². The SMILES string of the molecule is Cl.Fc1cccc(-c2cc(-c3ccc4c(c3)OCCO4)nc3sc4c(c23)CCCC4)c1. The van der Waals surface area contributed by atoms with Gasteiger partial charge in [-0.25, -0.2) is 9.37 Å². The van der Waals surface area contributed by atoms with Crippen molar-refractivity contribution in [2.24, 2.45) is 0 Å². The summed E-state index contributed by atoms with van der Waals surface area (Å²) in [5.41, 5.74) is 5.21. The molecule has 1 aliphatic carbocycles. The molecule has 3 heterocycles. The fourth-order valence-corrected chi connectivity index (χ4v) is 5.78. The standard InChI is InChI=1S/C25H20FNO2S.ClH/c26-17-5-3-4-15(12-17)19-14-20(16-8-9-21-22(13-16)29-11-10-28-21)27-25-24(19)18-6-1-2-7-23(18)30-25;/h3-5,8-9,12-14H,1-2,6-7,10-11H2;1H. The summed E-state index contributed by atoms with van der Waals surface area (Å²) in [6, 6.07) is 14.9. The highest BCUT2D eigenvalue weighted by Crippen LogP contribution is 2.43. The van der Waals surface area contributed by atoms with Crippen LogP contribution in [0.4, 0.5) is 4.39 Å². The molecule has 0 radical (unpaired) electrons. The molecular formula is C25H21ClFNO2S. The maximum atomic E-state index is 14.1. The number of fused-ring (bicyclic) bond motifs is 4. The summed E-state index contributed by atoms with van der Waals surface area (Å²) in [4.78, 5) is 7.50. The second-order valence-corrected chi connectivity index (χ2v) is 8.90. The maximum absolute atomic E-state index is 14.1. The summed E-state index contributed by atoms with van der Waals surface area (Å²) >= 11 is 1.79. The first kappa shape index (κ1) is 20.3. The topological polar surface area (TPSA) is 31.4 Å².